The highest BCUT2D eigenvalue weighted by atomic mass is 16.2. The van der Waals surface area contributed by atoms with Crippen LogP contribution >= 0.6 is 0 Å². The number of carbonyl (C=O) groups excluding carboxylic acids is 2. The van der Waals surface area contributed by atoms with E-state index >= 15 is 0 Å². The first-order valence-corrected chi connectivity index (χ1v) is 10.4. The van der Waals surface area contributed by atoms with Gasteiger partial charge in [0.25, 0.3) is 0 Å². The molecule has 0 aromatic heterocycles. The molecule has 6 nitrogen and oxygen atoms in total. The van der Waals surface area contributed by atoms with Gasteiger partial charge in [0.15, 0.2) is 0 Å². The number of hydrogen-bond acceptors (Lipinski definition) is 2. The van der Waals surface area contributed by atoms with Crippen LogP contribution in [-0.2, 0) is 11.3 Å². The molecule has 3 amide bonds. The molecule has 0 spiro atoms. The van der Waals surface area contributed by atoms with Gasteiger partial charge in [0.2, 0.25) is 5.91 Å². The van der Waals surface area contributed by atoms with Gasteiger partial charge < -0.3 is 20.0 Å². The summed E-state index contributed by atoms with van der Waals surface area (Å²) in [5, 5.41) is 3.07. The Morgan fingerprint density at radius 1 is 1.07 bits per heavy atom. The van der Waals surface area contributed by atoms with Crippen LogP contribution in [0.4, 0.5) is 10.5 Å². The van der Waals surface area contributed by atoms with Crippen molar-refractivity contribution in [2.75, 3.05) is 37.6 Å². The van der Waals surface area contributed by atoms with Gasteiger partial charge >= 0.3 is 6.03 Å². The van der Waals surface area contributed by atoms with Gasteiger partial charge in [-0.15, -0.1) is 0 Å². The first-order valence-electron chi connectivity index (χ1n) is 10.4. The number of amides is 3. The van der Waals surface area contributed by atoms with Gasteiger partial charge in [0.1, 0.15) is 6.54 Å². The molecule has 1 atom stereocenters. The third-order valence-corrected chi connectivity index (χ3v) is 5.85. The lowest BCUT2D eigenvalue weighted by atomic mass is 10.2. The smallest absolute Gasteiger partial charge is 0.318 e. The topological polar surface area (TPSA) is 57.1 Å². The molecule has 2 aromatic rings. The SMILES string of the molecule is Cc1ccc(N2C[C@H](NC(=O)N3CC[NH+](Cc4ccccc4)CC3)CC2=O)cc1. The molecule has 2 aromatic carbocycles. The third kappa shape index (κ3) is 4.77. The summed E-state index contributed by atoms with van der Waals surface area (Å²) in [4.78, 5) is 30.2. The molecule has 2 heterocycles. The number of urea groups is 1. The van der Waals surface area contributed by atoms with Crippen molar-refractivity contribution in [2.24, 2.45) is 0 Å². The number of aryl methyl sites for hydroxylation is 1. The fourth-order valence-corrected chi connectivity index (χ4v) is 4.13. The van der Waals surface area contributed by atoms with E-state index in [0.717, 1.165) is 38.4 Å². The number of nitrogens with one attached hydrogen (secondary N) is 2. The van der Waals surface area contributed by atoms with E-state index in [1.54, 1.807) is 4.90 Å². The lowest BCUT2D eigenvalue weighted by molar-refractivity contribution is -0.917. The summed E-state index contributed by atoms with van der Waals surface area (Å²) in [7, 11) is 0. The average Bonchev–Trinajstić information content (AvgIpc) is 3.10. The van der Waals surface area contributed by atoms with Gasteiger partial charge in [-0.3, -0.25) is 4.79 Å². The lowest BCUT2D eigenvalue weighted by Gasteiger charge is -2.33. The Hall–Kier alpha value is -2.86. The van der Waals surface area contributed by atoms with Crippen molar-refractivity contribution >= 4 is 17.6 Å². The Morgan fingerprint density at radius 3 is 2.45 bits per heavy atom. The third-order valence-electron chi connectivity index (χ3n) is 5.85. The number of nitrogens with zero attached hydrogens (tertiary/aromatic N) is 2. The normalized spacial score (nSPS) is 20.2. The van der Waals surface area contributed by atoms with Crippen LogP contribution < -0.4 is 15.1 Å². The summed E-state index contributed by atoms with van der Waals surface area (Å²) in [6.07, 6.45) is 0.360. The van der Waals surface area contributed by atoms with Crippen LogP contribution in [0.2, 0.25) is 0 Å². The summed E-state index contributed by atoms with van der Waals surface area (Å²) in [5.41, 5.74) is 3.40. The Morgan fingerprint density at radius 2 is 1.76 bits per heavy atom. The van der Waals surface area contributed by atoms with Gasteiger partial charge in [0, 0.05) is 24.2 Å². The van der Waals surface area contributed by atoms with Crippen molar-refractivity contribution in [1.29, 1.82) is 0 Å². The monoisotopic (exact) mass is 393 g/mol. The number of rotatable bonds is 4. The summed E-state index contributed by atoms with van der Waals surface area (Å²) in [5.74, 6) is 0.0660. The number of benzene rings is 2. The number of piperazine rings is 1. The maximum atomic E-state index is 12.7. The highest BCUT2D eigenvalue weighted by Crippen LogP contribution is 2.22. The second-order valence-corrected chi connectivity index (χ2v) is 8.09. The number of quaternary nitrogens is 1. The molecule has 2 N–H and O–H groups in total. The zero-order valence-corrected chi connectivity index (χ0v) is 16.9. The predicted octanol–water partition coefficient (Wildman–Crippen LogP) is 1.21. The van der Waals surface area contributed by atoms with Crippen LogP contribution in [0.1, 0.15) is 17.5 Å². The van der Waals surface area contributed by atoms with Crippen LogP contribution in [-0.4, -0.2) is 55.6 Å². The molecule has 0 saturated carbocycles. The molecule has 0 unspecified atom stereocenters. The van der Waals surface area contributed by atoms with Crippen LogP contribution in [0, 0.1) is 6.92 Å². The fourth-order valence-electron chi connectivity index (χ4n) is 4.13. The van der Waals surface area contributed by atoms with E-state index in [9.17, 15) is 9.59 Å². The minimum atomic E-state index is -0.133. The van der Waals surface area contributed by atoms with Crippen LogP contribution in [0.15, 0.2) is 54.6 Å². The van der Waals surface area contributed by atoms with Crippen molar-refractivity contribution in [3.8, 4) is 0 Å². The highest BCUT2D eigenvalue weighted by molar-refractivity contribution is 5.96. The molecule has 0 bridgehead atoms. The quantitative estimate of drug-likeness (QED) is 0.821. The zero-order chi connectivity index (χ0) is 20.2. The molecule has 2 aliphatic rings. The molecule has 0 radical (unpaired) electrons. The molecule has 29 heavy (non-hydrogen) atoms. The Labute approximate surface area is 172 Å². The first-order chi connectivity index (χ1) is 14.1. The Bertz CT molecular complexity index is 845. The number of carbonyl (C=O) groups is 2. The summed E-state index contributed by atoms with van der Waals surface area (Å²) < 4.78 is 0. The number of anilines is 1. The van der Waals surface area contributed by atoms with Crippen molar-refractivity contribution in [2.45, 2.75) is 25.9 Å². The van der Waals surface area contributed by atoms with E-state index in [4.69, 9.17) is 0 Å². The molecule has 2 fully saturated rings. The minimum absolute atomic E-state index is 0.0488. The first kappa shape index (κ1) is 19.5. The molecule has 152 valence electrons. The molecule has 2 saturated heterocycles. The van der Waals surface area contributed by atoms with E-state index in [2.05, 4.69) is 29.6 Å². The van der Waals surface area contributed by atoms with E-state index in [1.807, 2.05) is 42.2 Å². The van der Waals surface area contributed by atoms with Gasteiger partial charge in [0.05, 0.1) is 32.2 Å². The van der Waals surface area contributed by atoms with Crippen molar-refractivity contribution in [1.82, 2.24) is 10.2 Å². The molecule has 6 heteroatoms. The second kappa shape index (κ2) is 8.66. The van der Waals surface area contributed by atoms with E-state index in [-0.39, 0.29) is 18.0 Å². The highest BCUT2D eigenvalue weighted by Gasteiger charge is 2.33. The van der Waals surface area contributed by atoms with Crippen molar-refractivity contribution < 1.29 is 14.5 Å². The largest absolute Gasteiger partial charge is 0.333 e. The average molecular weight is 394 g/mol. The molecular weight excluding hydrogens is 364 g/mol. The second-order valence-electron chi connectivity index (χ2n) is 8.09. The van der Waals surface area contributed by atoms with E-state index in [1.165, 1.54) is 16.0 Å². The van der Waals surface area contributed by atoms with Gasteiger partial charge in [-0.05, 0) is 19.1 Å². The van der Waals surface area contributed by atoms with E-state index < -0.39 is 0 Å². The Balaban J connectivity index is 1.26. The van der Waals surface area contributed by atoms with E-state index in [0.29, 0.717) is 13.0 Å². The lowest BCUT2D eigenvalue weighted by Crippen LogP contribution is -3.13. The number of hydrogen-bond donors (Lipinski definition) is 2. The molecule has 2 aliphatic heterocycles. The molecular formula is C23H29N4O2+. The maximum absolute atomic E-state index is 12.7. The van der Waals surface area contributed by atoms with Gasteiger partial charge in [-0.2, -0.15) is 0 Å². The van der Waals surface area contributed by atoms with Crippen LogP contribution in [0.5, 0.6) is 0 Å². The molecule has 0 aliphatic carbocycles. The van der Waals surface area contributed by atoms with Gasteiger partial charge in [-0.25, -0.2) is 4.79 Å². The van der Waals surface area contributed by atoms with Crippen molar-refractivity contribution in [3.05, 3.63) is 65.7 Å². The summed E-state index contributed by atoms with van der Waals surface area (Å²) >= 11 is 0. The minimum Gasteiger partial charge on any atom is -0.333 e. The fraction of sp³-hybridized carbons (Fsp3) is 0.391. The summed E-state index contributed by atoms with van der Waals surface area (Å²) in [6, 6.07) is 18.2. The van der Waals surface area contributed by atoms with Crippen LogP contribution in [0.25, 0.3) is 0 Å². The maximum Gasteiger partial charge on any atom is 0.318 e. The zero-order valence-electron chi connectivity index (χ0n) is 16.9. The molecule has 4 rings (SSSR count). The standard InChI is InChI=1S/C23H28N4O2/c1-18-7-9-21(10-8-18)27-17-20(15-22(27)28)24-23(29)26-13-11-25(12-14-26)16-19-5-3-2-4-6-19/h2-10,20H,11-17H2,1H3,(H,24,29)/p+1/t20-/m1/s1. The van der Waals surface area contributed by atoms with Crippen molar-refractivity contribution in [3.63, 3.8) is 0 Å². The van der Waals surface area contributed by atoms with Gasteiger partial charge in [-0.1, -0.05) is 48.0 Å². The summed E-state index contributed by atoms with van der Waals surface area (Å²) in [6.45, 7) is 6.95. The van der Waals surface area contributed by atoms with Crippen LogP contribution in [0.3, 0.4) is 0 Å². The Kier molecular flexibility index (Phi) is 5.81. The predicted molar refractivity (Wildman–Crippen MR) is 113 cm³/mol.